The van der Waals surface area contributed by atoms with Crippen LogP contribution in [0.3, 0.4) is 0 Å². The molecule has 0 bridgehead atoms. The van der Waals surface area contributed by atoms with Gasteiger partial charge in [-0.3, -0.25) is 14.4 Å². The predicted molar refractivity (Wildman–Crippen MR) is 181 cm³/mol. The molecule has 238 valence electrons. The van der Waals surface area contributed by atoms with Crippen LogP contribution >= 0.6 is 11.8 Å². The molecule has 0 radical (unpaired) electrons. The Morgan fingerprint density at radius 2 is 1.57 bits per heavy atom. The lowest BCUT2D eigenvalue weighted by Gasteiger charge is -2.17. The molecule has 5 rings (SSSR count). The summed E-state index contributed by atoms with van der Waals surface area (Å²) in [6, 6.07) is 31.8. The summed E-state index contributed by atoms with van der Waals surface area (Å²) in [7, 11) is 3.05. The first kappa shape index (κ1) is 32.6. The fraction of sp³-hybridized carbons (Fsp3) is 0.111. The number of carbonyl (C=O) groups excluding carboxylic acids is 3. The number of amides is 3. The number of hydrogen-bond donors (Lipinski definition) is 3. The summed E-state index contributed by atoms with van der Waals surface area (Å²) < 4.78 is 15.9. The van der Waals surface area contributed by atoms with E-state index in [0.29, 0.717) is 39.9 Å². The molecule has 4 aromatic carbocycles. The summed E-state index contributed by atoms with van der Waals surface area (Å²) in [5.74, 6) is 0.605. The molecule has 0 spiro atoms. The van der Waals surface area contributed by atoms with Crippen molar-refractivity contribution < 1.29 is 28.4 Å². The average Bonchev–Trinajstić information content (AvgIpc) is 3.51. The summed E-state index contributed by atoms with van der Waals surface area (Å²) in [6.45, 7) is 1.74. The third kappa shape index (κ3) is 8.68. The maximum absolute atomic E-state index is 13.8. The zero-order chi connectivity index (χ0) is 33.2. The lowest BCUT2D eigenvalue weighted by atomic mass is 10.1. The van der Waals surface area contributed by atoms with Gasteiger partial charge >= 0.3 is 0 Å². The lowest BCUT2D eigenvalue weighted by molar-refractivity contribution is -0.116. The average molecular weight is 649 g/mol. The predicted octanol–water partition coefficient (Wildman–Crippen LogP) is 6.88. The van der Waals surface area contributed by atoms with Gasteiger partial charge in [0.2, 0.25) is 5.91 Å². The van der Waals surface area contributed by atoms with Gasteiger partial charge in [0.05, 0.1) is 14.2 Å². The molecule has 1 aromatic heterocycles. The van der Waals surface area contributed by atoms with E-state index in [0.717, 1.165) is 10.5 Å². The second kappa shape index (κ2) is 15.5. The summed E-state index contributed by atoms with van der Waals surface area (Å²) >= 11 is 1.31. The third-order valence-electron chi connectivity index (χ3n) is 6.83. The fourth-order valence-corrected chi connectivity index (χ4v) is 5.63. The number of benzene rings is 4. The highest BCUT2D eigenvalue weighted by Crippen LogP contribution is 2.37. The third-order valence-corrected chi connectivity index (χ3v) is 8.08. The number of anilines is 2. The largest absolute Gasteiger partial charge is 0.497 e. The first-order valence-corrected chi connectivity index (χ1v) is 15.4. The minimum atomic E-state index is -0.639. The normalized spacial score (nSPS) is 11.7. The molecule has 1 heterocycles. The molecule has 0 aliphatic carbocycles. The summed E-state index contributed by atoms with van der Waals surface area (Å²) in [6.07, 6.45) is 1.53. The first-order chi connectivity index (χ1) is 22.8. The van der Waals surface area contributed by atoms with Gasteiger partial charge in [-0.15, -0.1) is 11.8 Å². The van der Waals surface area contributed by atoms with Gasteiger partial charge in [0, 0.05) is 27.8 Å². The highest BCUT2D eigenvalue weighted by molar-refractivity contribution is 8.00. The number of nitrogens with one attached hydrogen (secondary N) is 3. The second-order valence-corrected chi connectivity index (χ2v) is 11.4. The molecular formula is C36H32N4O6S. The topological polar surface area (TPSA) is 132 Å². The van der Waals surface area contributed by atoms with Crippen molar-refractivity contribution in [3.8, 4) is 11.5 Å². The number of hydrogen-bond acceptors (Lipinski definition) is 8. The molecule has 0 saturated carbocycles. The van der Waals surface area contributed by atoms with Crippen LogP contribution in [0.5, 0.6) is 11.5 Å². The number of ether oxygens (including phenoxy) is 2. The molecule has 0 aliphatic rings. The molecular weight excluding hydrogens is 616 g/mol. The Bertz CT molecular complexity index is 1890. The molecule has 0 aliphatic heterocycles. The van der Waals surface area contributed by atoms with Crippen LogP contribution in [0.15, 0.2) is 124 Å². The van der Waals surface area contributed by atoms with Crippen molar-refractivity contribution in [3.63, 3.8) is 0 Å². The Morgan fingerprint density at radius 1 is 0.830 bits per heavy atom. The van der Waals surface area contributed by atoms with E-state index in [9.17, 15) is 14.4 Å². The van der Waals surface area contributed by atoms with Gasteiger partial charge in [0.1, 0.15) is 28.2 Å². The molecule has 3 amide bonds. The van der Waals surface area contributed by atoms with Crippen molar-refractivity contribution >= 4 is 47.1 Å². The minimum Gasteiger partial charge on any atom is -0.497 e. The van der Waals surface area contributed by atoms with Crippen LogP contribution in [0.1, 0.15) is 32.5 Å². The highest BCUT2D eigenvalue weighted by Gasteiger charge is 2.24. The Kier molecular flexibility index (Phi) is 10.7. The quantitative estimate of drug-likeness (QED) is 0.0986. The number of aromatic nitrogens is 1. The number of rotatable bonds is 12. The molecule has 0 fully saturated rings. The van der Waals surface area contributed by atoms with Crippen molar-refractivity contribution in [1.82, 2.24) is 10.5 Å². The van der Waals surface area contributed by atoms with Crippen LogP contribution in [0.4, 0.5) is 11.5 Å². The van der Waals surface area contributed by atoms with Gasteiger partial charge in [-0.05, 0) is 67.1 Å². The fourth-order valence-electron chi connectivity index (χ4n) is 4.55. The van der Waals surface area contributed by atoms with E-state index in [4.69, 9.17) is 14.0 Å². The molecule has 0 saturated heterocycles. The monoisotopic (exact) mass is 648 g/mol. The maximum Gasteiger partial charge on any atom is 0.272 e. The van der Waals surface area contributed by atoms with E-state index >= 15 is 0 Å². The highest BCUT2D eigenvalue weighted by atomic mass is 32.2. The van der Waals surface area contributed by atoms with Crippen molar-refractivity contribution in [1.29, 1.82) is 0 Å². The van der Waals surface area contributed by atoms with Crippen molar-refractivity contribution in [2.75, 3.05) is 24.9 Å². The number of aryl methyl sites for hydroxylation is 1. The number of methoxy groups -OCH3 is 2. The number of carbonyl (C=O) groups is 3. The van der Waals surface area contributed by atoms with E-state index in [1.165, 1.54) is 32.1 Å². The van der Waals surface area contributed by atoms with Gasteiger partial charge in [0.25, 0.3) is 11.8 Å². The van der Waals surface area contributed by atoms with Gasteiger partial charge in [-0.25, -0.2) is 0 Å². The van der Waals surface area contributed by atoms with E-state index in [-0.39, 0.29) is 11.6 Å². The van der Waals surface area contributed by atoms with Crippen LogP contribution < -0.4 is 25.4 Å². The van der Waals surface area contributed by atoms with Crippen LogP contribution in [0.2, 0.25) is 0 Å². The first-order valence-electron chi connectivity index (χ1n) is 14.5. The molecule has 47 heavy (non-hydrogen) atoms. The van der Waals surface area contributed by atoms with Gasteiger partial charge in [-0.2, -0.15) is 0 Å². The zero-order valence-corrected chi connectivity index (χ0v) is 26.7. The minimum absolute atomic E-state index is 0.0205. The summed E-state index contributed by atoms with van der Waals surface area (Å²) in [5, 5.41) is 11.7. The summed E-state index contributed by atoms with van der Waals surface area (Å²) in [5.41, 5.74) is 2.12. The Hall–Kier alpha value is -5.81. The standard InChI is InChI=1S/C36H32N4O6S/c1-23-19-32(40-46-23)39-36(43)33(24-11-6-4-7-12-24)47-29-16-10-15-27(22-29)37-35(42)30(38-34(41)25-13-8-5-9-14-25)21-26-20-28(44-2)17-18-31(26)45-3/h4-22,33H,1-3H3,(H,37,42)(H,38,41)(H,39,40,43)/b30-21+. The van der Waals surface area contributed by atoms with Crippen LogP contribution in [0, 0.1) is 6.92 Å². The molecule has 1 atom stereocenters. The smallest absolute Gasteiger partial charge is 0.272 e. The lowest BCUT2D eigenvalue weighted by Crippen LogP contribution is -2.30. The van der Waals surface area contributed by atoms with Crippen LogP contribution in [-0.2, 0) is 9.59 Å². The molecule has 1 unspecified atom stereocenters. The molecule has 3 N–H and O–H groups in total. The Balaban J connectivity index is 1.41. The maximum atomic E-state index is 13.8. The molecule has 10 nitrogen and oxygen atoms in total. The van der Waals surface area contributed by atoms with E-state index in [1.807, 2.05) is 36.4 Å². The Labute approximate surface area is 276 Å². The molecule has 5 aromatic rings. The van der Waals surface area contributed by atoms with Crippen molar-refractivity contribution in [2.24, 2.45) is 0 Å². The van der Waals surface area contributed by atoms with E-state index in [2.05, 4.69) is 21.1 Å². The van der Waals surface area contributed by atoms with Gasteiger partial charge < -0.3 is 29.9 Å². The van der Waals surface area contributed by atoms with Crippen molar-refractivity contribution in [2.45, 2.75) is 17.1 Å². The van der Waals surface area contributed by atoms with Crippen LogP contribution in [-0.4, -0.2) is 37.1 Å². The zero-order valence-electron chi connectivity index (χ0n) is 25.9. The SMILES string of the molecule is COc1ccc(OC)c(/C=C(/NC(=O)c2ccccc2)C(=O)Nc2cccc(SC(C(=O)Nc3cc(C)on3)c3ccccc3)c2)c1. The number of thioether (sulfide) groups is 1. The number of nitrogens with zero attached hydrogens (tertiary/aromatic N) is 1. The van der Waals surface area contributed by atoms with E-state index in [1.54, 1.807) is 79.7 Å². The second-order valence-electron chi connectivity index (χ2n) is 10.2. The van der Waals surface area contributed by atoms with Gasteiger partial charge in [-0.1, -0.05) is 59.8 Å². The Morgan fingerprint density at radius 3 is 2.26 bits per heavy atom. The van der Waals surface area contributed by atoms with Crippen molar-refractivity contribution in [3.05, 3.63) is 137 Å². The van der Waals surface area contributed by atoms with E-state index < -0.39 is 17.1 Å². The summed E-state index contributed by atoms with van der Waals surface area (Å²) in [4.78, 5) is 41.0. The van der Waals surface area contributed by atoms with Crippen LogP contribution in [0.25, 0.3) is 6.08 Å². The van der Waals surface area contributed by atoms with Gasteiger partial charge in [0.15, 0.2) is 5.82 Å². The molecule has 11 heteroatoms.